The van der Waals surface area contributed by atoms with E-state index in [1.165, 1.54) is 9.75 Å². The first-order valence-electron chi connectivity index (χ1n) is 6.13. The lowest BCUT2D eigenvalue weighted by atomic mass is 10.1. The van der Waals surface area contributed by atoms with Crippen LogP contribution in [0.1, 0.15) is 35.5 Å². The third-order valence-corrected chi connectivity index (χ3v) is 4.12. The van der Waals surface area contributed by atoms with Crippen molar-refractivity contribution >= 4 is 11.3 Å². The van der Waals surface area contributed by atoms with Crippen molar-refractivity contribution < 1.29 is 0 Å². The van der Waals surface area contributed by atoms with Crippen molar-refractivity contribution in [3.05, 3.63) is 40.1 Å². The van der Waals surface area contributed by atoms with E-state index in [4.69, 9.17) is 0 Å². The number of imidazole rings is 1. The SMILES string of the molecule is CCNC(Cc1ncc[nH]1)c1ccc(CC)s1. The van der Waals surface area contributed by atoms with Crippen LogP contribution < -0.4 is 5.32 Å². The fourth-order valence-corrected chi connectivity index (χ4v) is 2.92. The Kier molecular flexibility index (Phi) is 4.34. The highest BCUT2D eigenvalue weighted by Crippen LogP contribution is 2.25. The Hall–Kier alpha value is -1.13. The molecule has 0 aromatic carbocycles. The summed E-state index contributed by atoms with van der Waals surface area (Å²) in [6.45, 7) is 5.32. The largest absolute Gasteiger partial charge is 0.349 e. The van der Waals surface area contributed by atoms with Gasteiger partial charge in [0.15, 0.2) is 0 Å². The van der Waals surface area contributed by atoms with Gasteiger partial charge in [-0.25, -0.2) is 4.98 Å². The van der Waals surface area contributed by atoms with Crippen LogP contribution in [0.5, 0.6) is 0 Å². The van der Waals surface area contributed by atoms with Gasteiger partial charge in [-0.3, -0.25) is 0 Å². The number of rotatable bonds is 6. The second kappa shape index (κ2) is 5.98. The summed E-state index contributed by atoms with van der Waals surface area (Å²) in [5.74, 6) is 1.04. The van der Waals surface area contributed by atoms with Crippen LogP contribution in [0.25, 0.3) is 0 Å². The van der Waals surface area contributed by atoms with Gasteiger partial charge in [0.1, 0.15) is 5.82 Å². The predicted molar refractivity (Wildman–Crippen MR) is 72.4 cm³/mol. The lowest BCUT2D eigenvalue weighted by molar-refractivity contribution is 0.547. The molecule has 0 amide bonds. The average Bonchev–Trinajstić information content (AvgIpc) is 2.99. The first kappa shape index (κ1) is 12.3. The van der Waals surface area contributed by atoms with E-state index in [1.807, 2.05) is 23.7 Å². The molecule has 0 aliphatic heterocycles. The molecule has 0 fully saturated rings. The fourth-order valence-electron chi connectivity index (χ4n) is 1.89. The highest BCUT2D eigenvalue weighted by Gasteiger charge is 2.14. The number of aromatic nitrogens is 2. The van der Waals surface area contributed by atoms with Gasteiger partial charge in [-0.2, -0.15) is 0 Å². The van der Waals surface area contributed by atoms with E-state index in [1.54, 1.807) is 0 Å². The highest BCUT2D eigenvalue weighted by molar-refractivity contribution is 7.12. The zero-order valence-electron chi connectivity index (χ0n) is 10.4. The van der Waals surface area contributed by atoms with Crippen molar-refractivity contribution in [2.75, 3.05) is 6.54 Å². The number of aromatic amines is 1. The summed E-state index contributed by atoms with van der Waals surface area (Å²) < 4.78 is 0. The second-order valence-electron chi connectivity index (χ2n) is 4.01. The lowest BCUT2D eigenvalue weighted by Crippen LogP contribution is -2.22. The Morgan fingerprint density at radius 2 is 2.29 bits per heavy atom. The Bertz CT molecular complexity index is 433. The zero-order valence-corrected chi connectivity index (χ0v) is 11.2. The van der Waals surface area contributed by atoms with Gasteiger partial charge in [-0.1, -0.05) is 13.8 Å². The molecule has 92 valence electrons. The molecule has 1 atom stereocenters. The summed E-state index contributed by atoms with van der Waals surface area (Å²) >= 11 is 1.90. The van der Waals surface area contributed by atoms with Gasteiger partial charge < -0.3 is 10.3 Å². The maximum absolute atomic E-state index is 4.30. The number of thiophene rings is 1. The average molecular weight is 249 g/mol. The summed E-state index contributed by atoms with van der Waals surface area (Å²) in [7, 11) is 0. The van der Waals surface area contributed by atoms with Gasteiger partial charge in [-0.15, -0.1) is 11.3 Å². The first-order valence-corrected chi connectivity index (χ1v) is 6.95. The van der Waals surface area contributed by atoms with Crippen LogP contribution in [0.4, 0.5) is 0 Å². The molecule has 0 aliphatic carbocycles. The molecule has 1 unspecified atom stereocenters. The monoisotopic (exact) mass is 249 g/mol. The Morgan fingerprint density at radius 1 is 1.41 bits per heavy atom. The van der Waals surface area contributed by atoms with Crippen LogP contribution in [0.15, 0.2) is 24.5 Å². The van der Waals surface area contributed by atoms with E-state index in [2.05, 4.69) is 41.3 Å². The number of likely N-dealkylation sites (N-methyl/N-ethyl adjacent to an activating group) is 1. The van der Waals surface area contributed by atoms with Crippen molar-refractivity contribution in [2.24, 2.45) is 0 Å². The minimum Gasteiger partial charge on any atom is -0.349 e. The van der Waals surface area contributed by atoms with E-state index in [0.717, 1.165) is 25.2 Å². The van der Waals surface area contributed by atoms with E-state index in [0.29, 0.717) is 6.04 Å². The smallest absolute Gasteiger partial charge is 0.107 e. The molecule has 0 bridgehead atoms. The van der Waals surface area contributed by atoms with Gasteiger partial charge in [-0.05, 0) is 25.1 Å². The topological polar surface area (TPSA) is 40.7 Å². The number of hydrogen-bond donors (Lipinski definition) is 2. The molecule has 17 heavy (non-hydrogen) atoms. The van der Waals surface area contributed by atoms with Crippen molar-refractivity contribution in [3.63, 3.8) is 0 Å². The van der Waals surface area contributed by atoms with Gasteiger partial charge in [0, 0.05) is 34.6 Å². The molecule has 0 spiro atoms. The van der Waals surface area contributed by atoms with Crippen LogP contribution >= 0.6 is 11.3 Å². The van der Waals surface area contributed by atoms with Gasteiger partial charge in [0.2, 0.25) is 0 Å². The summed E-state index contributed by atoms with van der Waals surface area (Å²) in [5, 5.41) is 3.53. The van der Waals surface area contributed by atoms with Gasteiger partial charge >= 0.3 is 0 Å². The lowest BCUT2D eigenvalue weighted by Gasteiger charge is -2.14. The molecular formula is C13H19N3S. The molecule has 2 aromatic heterocycles. The minimum atomic E-state index is 0.372. The van der Waals surface area contributed by atoms with E-state index in [9.17, 15) is 0 Å². The van der Waals surface area contributed by atoms with E-state index < -0.39 is 0 Å². The summed E-state index contributed by atoms with van der Waals surface area (Å²) in [4.78, 5) is 10.3. The highest BCUT2D eigenvalue weighted by atomic mass is 32.1. The van der Waals surface area contributed by atoms with Crippen LogP contribution in [-0.4, -0.2) is 16.5 Å². The fraction of sp³-hybridized carbons (Fsp3) is 0.462. The van der Waals surface area contributed by atoms with Crippen molar-refractivity contribution in [1.82, 2.24) is 15.3 Å². The second-order valence-corrected chi connectivity index (χ2v) is 5.21. The molecule has 0 aliphatic rings. The standard InChI is InChI=1S/C13H19N3S/c1-3-10-5-6-12(17-10)11(14-4-2)9-13-15-7-8-16-13/h5-8,11,14H,3-4,9H2,1-2H3,(H,15,16). The minimum absolute atomic E-state index is 0.372. The van der Waals surface area contributed by atoms with Crippen molar-refractivity contribution in [2.45, 2.75) is 32.7 Å². The zero-order chi connectivity index (χ0) is 12.1. The third kappa shape index (κ3) is 3.17. The molecule has 2 aromatic rings. The normalized spacial score (nSPS) is 12.8. The quantitative estimate of drug-likeness (QED) is 0.826. The van der Waals surface area contributed by atoms with Crippen molar-refractivity contribution in [1.29, 1.82) is 0 Å². The van der Waals surface area contributed by atoms with Crippen LogP contribution in [0.3, 0.4) is 0 Å². The molecule has 3 nitrogen and oxygen atoms in total. The van der Waals surface area contributed by atoms with E-state index >= 15 is 0 Å². The van der Waals surface area contributed by atoms with E-state index in [-0.39, 0.29) is 0 Å². The summed E-state index contributed by atoms with van der Waals surface area (Å²) in [6.07, 6.45) is 5.73. The maximum atomic E-state index is 4.30. The van der Waals surface area contributed by atoms with Crippen molar-refractivity contribution in [3.8, 4) is 0 Å². The number of hydrogen-bond acceptors (Lipinski definition) is 3. The molecule has 0 saturated carbocycles. The molecular weight excluding hydrogens is 230 g/mol. The van der Waals surface area contributed by atoms with Crippen LogP contribution in [0.2, 0.25) is 0 Å². The molecule has 0 saturated heterocycles. The van der Waals surface area contributed by atoms with Crippen LogP contribution in [0, 0.1) is 0 Å². The van der Waals surface area contributed by atoms with Gasteiger partial charge in [0.05, 0.1) is 0 Å². The van der Waals surface area contributed by atoms with Crippen LogP contribution in [-0.2, 0) is 12.8 Å². The number of H-pyrrole nitrogens is 1. The molecule has 0 radical (unpaired) electrons. The molecule has 2 heterocycles. The Balaban J connectivity index is 2.10. The Morgan fingerprint density at radius 3 is 2.88 bits per heavy atom. The maximum Gasteiger partial charge on any atom is 0.107 e. The number of aryl methyl sites for hydroxylation is 1. The number of nitrogens with one attached hydrogen (secondary N) is 2. The first-order chi connectivity index (χ1) is 8.33. The Labute approximate surface area is 106 Å². The third-order valence-electron chi connectivity index (χ3n) is 2.78. The summed E-state index contributed by atoms with van der Waals surface area (Å²) in [5.41, 5.74) is 0. The van der Waals surface area contributed by atoms with Gasteiger partial charge in [0.25, 0.3) is 0 Å². The molecule has 2 N–H and O–H groups in total. The molecule has 2 rings (SSSR count). The number of nitrogens with zero attached hydrogens (tertiary/aromatic N) is 1. The predicted octanol–water partition coefficient (Wildman–Crippen LogP) is 2.93. The summed E-state index contributed by atoms with van der Waals surface area (Å²) in [6, 6.07) is 4.84. The molecule has 4 heteroatoms.